The summed E-state index contributed by atoms with van der Waals surface area (Å²) in [6.07, 6.45) is 2.29. The van der Waals surface area contributed by atoms with Gasteiger partial charge in [0.25, 0.3) is 17.4 Å². The third-order valence-corrected chi connectivity index (χ3v) is 10.4. The lowest BCUT2D eigenvalue weighted by atomic mass is 10.0. The van der Waals surface area contributed by atoms with Crippen molar-refractivity contribution in [3.05, 3.63) is 87.5 Å². The standard InChI is InChI=1S/C40H35FN8O6/c41-25-10-6-11-27-33(25)35(42)34(38(53)45-27)36-43-26-14-13-23(21-28(26)44-36)47-17-19-48(20-18-47)31(51)12-4-2-1-3-7-22-8-5-9-24-32(22)40(55)49(39(24)54)29-15-16-30(50)46-37(29)52/h5-6,8-11,13-14,21,29H,1-2,4,12,15-20H2,(H,43,44)(H3,42,45,53)(H,46,50,52). The molecule has 5 amide bonds. The van der Waals surface area contributed by atoms with Crippen molar-refractivity contribution >= 4 is 62.8 Å². The largest absolute Gasteiger partial charge is 0.397 e. The Morgan fingerprint density at radius 1 is 0.909 bits per heavy atom. The zero-order chi connectivity index (χ0) is 38.4. The molecule has 5 heterocycles. The molecule has 55 heavy (non-hydrogen) atoms. The summed E-state index contributed by atoms with van der Waals surface area (Å²) >= 11 is 0. The van der Waals surface area contributed by atoms with Crippen molar-refractivity contribution in [1.29, 1.82) is 0 Å². The maximum atomic E-state index is 14.6. The Hall–Kier alpha value is -6.82. The predicted molar refractivity (Wildman–Crippen MR) is 201 cm³/mol. The number of amides is 5. The van der Waals surface area contributed by atoms with Gasteiger partial charge in [0.1, 0.15) is 23.2 Å². The minimum atomic E-state index is -1.04. The van der Waals surface area contributed by atoms with Gasteiger partial charge in [-0.3, -0.25) is 39.0 Å². The van der Waals surface area contributed by atoms with E-state index in [2.05, 4.69) is 37.0 Å². The number of nitrogen functional groups attached to an aromatic ring is 1. The Bertz CT molecular complexity index is 2580. The first kappa shape index (κ1) is 35.2. The lowest BCUT2D eigenvalue weighted by Gasteiger charge is -2.36. The zero-order valence-corrected chi connectivity index (χ0v) is 29.5. The lowest BCUT2D eigenvalue weighted by Crippen LogP contribution is -2.54. The molecule has 0 aliphatic carbocycles. The summed E-state index contributed by atoms with van der Waals surface area (Å²) < 4.78 is 14.6. The number of rotatable bonds is 7. The van der Waals surface area contributed by atoms with E-state index in [0.29, 0.717) is 74.0 Å². The first-order chi connectivity index (χ1) is 26.6. The second-order valence-electron chi connectivity index (χ2n) is 13.7. The number of nitrogens with two attached hydrogens (primary N) is 1. The molecule has 5 aromatic rings. The van der Waals surface area contributed by atoms with Crippen LogP contribution in [0.4, 0.5) is 15.8 Å². The lowest BCUT2D eigenvalue weighted by molar-refractivity contribution is -0.136. The number of imide groups is 2. The van der Waals surface area contributed by atoms with Crippen molar-refractivity contribution in [1.82, 2.24) is 30.1 Å². The summed E-state index contributed by atoms with van der Waals surface area (Å²) in [6.45, 7) is 2.37. The average Bonchev–Trinajstić information content (AvgIpc) is 3.70. The van der Waals surface area contributed by atoms with Gasteiger partial charge in [0.2, 0.25) is 17.7 Å². The number of carbonyl (C=O) groups is 5. The van der Waals surface area contributed by atoms with E-state index in [0.717, 1.165) is 10.6 Å². The summed E-state index contributed by atoms with van der Waals surface area (Å²) in [6, 6.07) is 13.9. The molecule has 278 valence electrons. The second-order valence-corrected chi connectivity index (χ2v) is 13.7. The molecule has 0 spiro atoms. The highest BCUT2D eigenvalue weighted by atomic mass is 19.1. The van der Waals surface area contributed by atoms with Gasteiger partial charge in [0.15, 0.2) is 0 Å². The van der Waals surface area contributed by atoms with Crippen LogP contribution in [-0.2, 0) is 14.4 Å². The summed E-state index contributed by atoms with van der Waals surface area (Å²) in [5.41, 5.74) is 9.18. The van der Waals surface area contributed by atoms with Gasteiger partial charge in [-0.2, -0.15) is 0 Å². The van der Waals surface area contributed by atoms with E-state index < -0.39 is 41.0 Å². The SMILES string of the molecule is Nc1c(-c2nc3ccc(N4CCN(C(=O)CCCCC#Cc5cccc6c5C(=O)N(C5CCC(=O)NC5=O)C6=O)CC4)cc3[nH]2)c(=O)[nH]c2cccc(F)c12. The van der Waals surface area contributed by atoms with E-state index in [4.69, 9.17) is 5.73 Å². The number of benzene rings is 3. The molecule has 3 aromatic carbocycles. The number of imidazole rings is 1. The summed E-state index contributed by atoms with van der Waals surface area (Å²) in [7, 11) is 0. The maximum Gasteiger partial charge on any atom is 0.263 e. The van der Waals surface area contributed by atoms with Crippen LogP contribution in [0.2, 0.25) is 0 Å². The Balaban J connectivity index is 0.836. The van der Waals surface area contributed by atoms with Crippen molar-refractivity contribution in [2.45, 2.75) is 44.6 Å². The molecule has 1 atom stereocenters. The monoisotopic (exact) mass is 742 g/mol. The van der Waals surface area contributed by atoms with E-state index in [1.54, 1.807) is 18.2 Å². The molecule has 2 aromatic heterocycles. The first-order valence-electron chi connectivity index (χ1n) is 18.1. The molecule has 1 unspecified atom stereocenters. The molecule has 14 nitrogen and oxygen atoms in total. The Labute approximate surface area is 312 Å². The van der Waals surface area contributed by atoms with Crippen LogP contribution in [0.15, 0.2) is 59.4 Å². The number of piperidine rings is 1. The number of hydrogen-bond donors (Lipinski definition) is 4. The molecule has 2 fully saturated rings. The van der Waals surface area contributed by atoms with Gasteiger partial charge in [-0.05, 0) is 61.7 Å². The van der Waals surface area contributed by atoms with Crippen LogP contribution in [0.5, 0.6) is 0 Å². The highest BCUT2D eigenvalue weighted by Crippen LogP contribution is 2.32. The van der Waals surface area contributed by atoms with E-state index >= 15 is 0 Å². The fraction of sp³-hybridized carbons (Fsp3) is 0.275. The van der Waals surface area contributed by atoms with Crippen LogP contribution >= 0.6 is 0 Å². The van der Waals surface area contributed by atoms with Gasteiger partial charge in [-0.25, -0.2) is 9.37 Å². The molecule has 15 heteroatoms. The highest BCUT2D eigenvalue weighted by molar-refractivity contribution is 6.24. The topological polar surface area (TPSA) is 195 Å². The fourth-order valence-corrected chi connectivity index (χ4v) is 7.52. The number of pyridine rings is 1. The van der Waals surface area contributed by atoms with E-state index in [1.807, 2.05) is 23.1 Å². The van der Waals surface area contributed by atoms with Crippen molar-refractivity contribution < 1.29 is 28.4 Å². The molecule has 3 aliphatic heterocycles. The van der Waals surface area contributed by atoms with Gasteiger partial charge >= 0.3 is 0 Å². The number of carbonyl (C=O) groups excluding carboxylic acids is 5. The number of aromatic nitrogens is 3. The molecule has 0 bridgehead atoms. The third-order valence-electron chi connectivity index (χ3n) is 10.4. The Morgan fingerprint density at radius 3 is 2.51 bits per heavy atom. The zero-order valence-electron chi connectivity index (χ0n) is 29.5. The quantitative estimate of drug-likeness (QED) is 0.110. The van der Waals surface area contributed by atoms with Crippen molar-refractivity contribution in [2.75, 3.05) is 36.8 Å². The van der Waals surface area contributed by atoms with Gasteiger partial charge in [-0.15, -0.1) is 0 Å². The van der Waals surface area contributed by atoms with Gasteiger partial charge < -0.3 is 25.5 Å². The number of unbranched alkanes of at least 4 members (excludes halogenated alkanes) is 2. The summed E-state index contributed by atoms with van der Waals surface area (Å²) in [5, 5.41) is 2.33. The van der Waals surface area contributed by atoms with Crippen molar-refractivity contribution in [2.24, 2.45) is 0 Å². The van der Waals surface area contributed by atoms with E-state index in [9.17, 15) is 33.2 Å². The van der Waals surface area contributed by atoms with Gasteiger partial charge in [0.05, 0.1) is 38.8 Å². The number of nitrogens with one attached hydrogen (secondary N) is 3. The number of hydrogen-bond acceptors (Lipinski definition) is 9. The van der Waals surface area contributed by atoms with Crippen LogP contribution in [0, 0.1) is 17.7 Å². The van der Waals surface area contributed by atoms with Crippen molar-refractivity contribution in [3.8, 4) is 23.2 Å². The van der Waals surface area contributed by atoms with Crippen molar-refractivity contribution in [3.63, 3.8) is 0 Å². The molecule has 8 rings (SSSR count). The van der Waals surface area contributed by atoms with Crippen LogP contribution in [0.1, 0.15) is 64.8 Å². The number of aromatic amines is 2. The maximum absolute atomic E-state index is 14.6. The average molecular weight is 743 g/mol. The first-order valence-corrected chi connectivity index (χ1v) is 18.1. The highest BCUT2D eigenvalue weighted by Gasteiger charge is 2.45. The number of fused-ring (bicyclic) bond motifs is 3. The normalized spacial score (nSPS) is 17.1. The number of H-pyrrole nitrogens is 2. The molecular weight excluding hydrogens is 707 g/mol. The third kappa shape index (κ3) is 6.45. The molecule has 3 aliphatic rings. The van der Waals surface area contributed by atoms with Gasteiger partial charge in [0, 0.05) is 56.7 Å². The number of anilines is 2. The van der Waals surface area contributed by atoms with Crippen LogP contribution < -0.4 is 21.5 Å². The molecule has 0 radical (unpaired) electrons. The number of nitrogens with zero attached hydrogens (tertiary/aromatic N) is 4. The summed E-state index contributed by atoms with van der Waals surface area (Å²) in [5.74, 6) is 3.55. The van der Waals surface area contributed by atoms with Crippen LogP contribution in [-0.4, -0.2) is 86.5 Å². The smallest absolute Gasteiger partial charge is 0.263 e. The number of piperazine rings is 1. The van der Waals surface area contributed by atoms with Gasteiger partial charge in [-0.1, -0.05) is 24.0 Å². The van der Waals surface area contributed by atoms with E-state index in [1.165, 1.54) is 18.2 Å². The molecule has 0 saturated carbocycles. The van der Waals surface area contributed by atoms with Crippen LogP contribution in [0.25, 0.3) is 33.3 Å². The Kier molecular flexibility index (Phi) is 9.09. The molecule has 2 saturated heterocycles. The molecular formula is C40H35FN8O6. The Morgan fingerprint density at radius 2 is 1.71 bits per heavy atom. The molecule has 5 N–H and O–H groups in total. The minimum Gasteiger partial charge on any atom is -0.397 e. The second kappa shape index (κ2) is 14.2. The summed E-state index contributed by atoms with van der Waals surface area (Å²) in [4.78, 5) is 91.6. The van der Waals surface area contributed by atoms with E-state index in [-0.39, 0.29) is 52.3 Å². The number of halogens is 1. The minimum absolute atomic E-state index is 0.0120. The predicted octanol–water partition coefficient (Wildman–Crippen LogP) is 3.45. The van der Waals surface area contributed by atoms with Crippen LogP contribution in [0.3, 0.4) is 0 Å². The fourth-order valence-electron chi connectivity index (χ4n) is 7.52.